The molecule has 0 radical (unpaired) electrons. The normalized spacial score (nSPS) is 20.9. The number of carboxylic acids is 1. The molecule has 106 valence electrons. The molecule has 6 heteroatoms. The number of hydrogen-bond donors (Lipinski definition) is 1. The average molecular weight is 268 g/mol. The molecule has 1 aliphatic heterocycles. The van der Waals surface area contributed by atoms with Gasteiger partial charge >= 0.3 is 5.97 Å². The standard InChI is InChI=1S/C13H20N2O4/c1-9(2)13-14-10(7-19-13)6-15-3-4-18-8-11(15)5-12(16)17/h7,9,11H,3-6,8H2,1-2H3,(H,16,17). The summed E-state index contributed by atoms with van der Waals surface area (Å²) in [5, 5.41) is 8.91. The molecule has 0 aromatic carbocycles. The van der Waals surface area contributed by atoms with E-state index in [-0.39, 0.29) is 18.4 Å². The van der Waals surface area contributed by atoms with Crippen LogP contribution >= 0.6 is 0 Å². The Balaban J connectivity index is 1.99. The Labute approximate surface area is 112 Å². The summed E-state index contributed by atoms with van der Waals surface area (Å²) < 4.78 is 10.7. The van der Waals surface area contributed by atoms with Crippen LogP contribution in [-0.2, 0) is 16.1 Å². The van der Waals surface area contributed by atoms with Gasteiger partial charge in [-0.1, -0.05) is 13.8 Å². The van der Waals surface area contributed by atoms with E-state index in [1.54, 1.807) is 6.26 Å². The van der Waals surface area contributed by atoms with Gasteiger partial charge in [-0.25, -0.2) is 4.98 Å². The monoisotopic (exact) mass is 268 g/mol. The van der Waals surface area contributed by atoms with Gasteiger partial charge in [0.1, 0.15) is 6.26 Å². The van der Waals surface area contributed by atoms with Crippen molar-refractivity contribution < 1.29 is 19.1 Å². The molecule has 0 amide bonds. The number of carbonyl (C=O) groups is 1. The minimum atomic E-state index is -0.802. The van der Waals surface area contributed by atoms with Crippen LogP contribution in [-0.4, -0.2) is 46.8 Å². The second-order valence-corrected chi connectivity index (χ2v) is 5.13. The first kappa shape index (κ1) is 14.0. The second-order valence-electron chi connectivity index (χ2n) is 5.13. The van der Waals surface area contributed by atoms with Crippen LogP contribution in [0.25, 0.3) is 0 Å². The highest BCUT2D eigenvalue weighted by atomic mass is 16.5. The maximum absolute atomic E-state index is 10.8. The van der Waals surface area contributed by atoms with Crippen LogP contribution < -0.4 is 0 Å². The summed E-state index contributed by atoms with van der Waals surface area (Å²) in [6.07, 6.45) is 1.75. The van der Waals surface area contributed by atoms with Crippen molar-refractivity contribution in [2.45, 2.75) is 38.8 Å². The number of carboxylic acid groups (broad SMARTS) is 1. The molecule has 6 nitrogen and oxygen atoms in total. The van der Waals surface area contributed by atoms with Gasteiger partial charge in [-0.15, -0.1) is 0 Å². The predicted molar refractivity (Wildman–Crippen MR) is 67.9 cm³/mol. The first-order valence-corrected chi connectivity index (χ1v) is 6.54. The highest BCUT2D eigenvalue weighted by molar-refractivity contribution is 5.67. The molecule has 1 unspecified atom stereocenters. The van der Waals surface area contributed by atoms with Crippen LogP contribution in [0.5, 0.6) is 0 Å². The molecule has 1 fully saturated rings. The number of aliphatic carboxylic acids is 1. The van der Waals surface area contributed by atoms with Crippen molar-refractivity contribution in [2.24, 2.45) is 0 Å². The predicted octanol–water partition coefficient (Wildman–Crippen LogP) is 1.47. The summed E-state index contributed by atoms with van der Waals surface area (Å²) in [5.41, 5.74) is 0.848. The summed E-state index contributed by atoms with van der Waals surface area (Å²) in [7, 11) is 0. The van der Waals surface area contributed by atoms with E-state index in [0.717, 1.165) is 18.1 Å². The summed E-state index contributed by atoms with van der Waals surface area (Å²) in [5.74, 6) is 0.176. The molecule has 0 aliphatic carbocycles. The Bertz CT molecular complexity index is 430. The van der Waals surface area contributed by atoms with E-state index in [1.807, 2.05) is 13.8 Å². The first-order valence-electron chi connectivity index (χ1n) is 6.54. The van der Waals surface area contributed by atoms with Crippen LogP contribution in [0.1, 0.15) is 37.8 Å². The zero-order chi connectivity index (χ0) is 13.8. The fourth-order valence-electron chi connectivity index (χ4n) is 2.16. The lowest BCUT2D eigenvalue weighted by molar-refractivity contribution is -0.140. The van der Waals surface area contributed by atoms with Crippen LogP contribution in [0.3, 0.4) is 0 Å². The first-order chi connectivity index (χ1) is 9.06. The maximum Gasteiger partial charge on any atom is 0.305 e. The van der Waals surface area contributed by atoms with E-state index in [4.69, 9.17) is 14.3 Å². The average Bonchev–Trinajstić information content (AvgIpc) is 2.80. The van der Waals surface area contributed by atoms with Crippen LogP contribution in [0.4, 0.5) is 0 Å². The minimum Gasteiger partial charge on any atom is -0.481 e. The fraction of sp³-hybridized carbons (Fsp3) is 0.692. The van der Waals surface area contributed by atoms with E-state index in [1.165, 1.54) is 0 Å². The number of nitrogens with zero attached hydrogens (tertiary/aromatic N) is 2. The lowest BCUT2D eigenvalue weighted by Gasteiger charge is -2.34. The highest BCUT2D eigenvalue weighted by Crippen LogP contribution is 2.17. The largest absolute Gasteiger partial charge is 0.481 e. The number of hydrogen-bond acceptors (Lipinski definition) is 5. The summed E-state index contributed by atoms with van der Waals surface area (Å²) in [6.45, 7) is 6.47. The van der Waals surface area contributed by atoms with Crippen molar-refractivity contribution in [1.82, 2.24) is 9.88 Å². The molecule has 0 spiro atoms. The zero-order valence-electron chi connectivity index (χ0n) is 11.3. The summed E-state index contributed by atoms with van der Waals surface area (Å²) >= 11 is 0. The summed E-state index contributed by atoms with van der Waals surface area (Å²) in [6, 6.07) is -0.0922. The van der Waals surface area contributed by atoms with Gasteiger partial charge in [0, 0.05) is 25.0 Å². The number of morpholine rings is 1. The van der Waals surface area contributed by atoms with Crippen molar-refractivity contribution >= 4 is 5.97 Å². The van der Waals surface area contributed by atoms with Gasteiger partial charge in [-0.3, -0.25) is 9.69 Å². The van der Waals surface area contributed by atoms with Gasteiger partial charge < -0.3 is 14.3 Å². The number of rotatable bonds is 5. The van der Waals surface area contributed by atoms with Gasteiger partial charge in [0.05, 0.1) is 25.3 Å². The van der Waals surface area contributed by atoms with Crippen molar-refractivity contribution in [2.75, 3.05) is 19.8 Å². The Morgan fingerprint density at radius 2 is 2.42 bits per heavy atom. The van der Waals surface area contributed by atoms with Gasteiger partial charge in [0.25, 0.3) is 0 Å². The lowest BCUT2D eigenvalue weighted by Crippen LogP contribution is -2.45. The molecule has 1 aromatic heterocycles. The Morgan fingerprint density at radius 3 is 3.05 bits per heavy atom. The highest BCUT2D eigenvalue weighted by Gasteiger charge is 2.26. The van der Waals surface area contributed by atoms with Gasteiger partial charge in [-0.05, 0) is 0 Å². The number of oxazole rings is 1. The van der Waals surface area contributed by atoms with Crippen LogP contribution in [0, 0.1) is 0 Å². The third-order valence-corrected chi connectivity index (χ3v) is 3.19. The van der Waals surface area contributed by atoms with E-state index in [9.17, 15) is 4.79 Å². The molecule has 19 heavy (non-hydrogen) atoms. The van der Waals surface area contributed by atoms with Gasteiger partial charge in [0.15, 0.2) is 5.89 Å². The Hall–Kier alpha value is -1.40. The van der Waals surface area contributed by atoms with E-state index in [0.29, 0.717) is 19.8 Å². The van der Waals surface area contributed by atoms with Crippen LogP contribution in [0.15, 0.2) is 10.7 Å². The molecular formula is C13H20N2O4. The second kappa shape index (κ2) is 6.16. The number of aromatic nitrogens is 1. The SMILES string of the molecule is CC(C)c1nc(CN2CCOCC2CC(=O)O)co1. The van der Waals surface area contributed by atoms with Crippen molar-refractivity contribution in [3.8, 4) is 0 Å². The van der Waals surface area contributed by atoms with E-state index >= 15 is 0 Å². The van der Waals surface area contributed by atoms with Crippen molar-refractivity contribution in [1.29, 1.82) is 0 Å². The molecule has 0 saturated carbocycles. The molecule has 2 rings (SSSR count). The van der Waals surface area contributed by atoms with Gasteiger partial charge in [0.2, 0.25) is 0 Å². The summed E-state index contributed by atoms with van der Waals surface area (Å²) in [4.78, 5) is 17.4. The van der Waals surface area contributed by atoms with E-state index in [2.05, 4.69) is 9.88 Å². The minimum absolute atomic E-state index is 0.0922. The molecule has 1 N–H and O–H groups in total. The molecule has 0 bridgehead atoms. The molecular weight excluding hydrogens is 248 g/mol. The van der Waals surface area contributed by atoms with Crippen molar-refractivity contribution in [3.63, 3.8) is 0 Å². The maximum atomic E-state index is 10.8. The fourth-order valence-corrected chi connectivity index (χ4v) is 2.16. The molecule has 1 atom stereocenters. The molecule has 1 saturated heterocycles. The number of ether oxygens (including phenoxy) is 1. The lowest BCUT2D eigenvalue weighted by atomic mass is 10.1. The third-order valence-electron chi connectivity index (χ3n) is 3.19. The Kier molecular flexibility index (Phi) is 4.55. The molecule has 1 aliphatic rings. The molecule has 1 aromatic rings. The van der Waals surface area contributed by atoms with Gasteiger partial charge in [-0.2, -0.15) is 0 Å². The zero-order valence-corrected chi connectivity index (χ0v) is 11.3. The molecule has 2 heterocycles. The quantitative estimate of drug-likeness (QED) is 0.871. The third kappa shape index (κ3) is 3.78. The van der Waals surface area contributed by atoms with Crippen LogP contribution in [0.2, 0.25) is 0 Å². The van der Waals surface area contributed by atoms with Crippen molar-refractivity contribution in [3.05, 3.63) is 17.8 Å². The Morgan fingerprint density at radius 1 is 1.63 bits per heavy atom. The van der Waals surface area contributed by atoms with E-state index < -0.39 is 5.97 Å². The topological polar surface area (TPSA) is 75.8 Å². The smallest absolute Gasteiger partial charge is 0.305 e.